The van der Waals surface area contributed by atoms with Crippen LogP contribution in [0.5, 0.6) is 0 Å². The number of hydrogen-bond donors (Lipinski definition) is 0. The van der Waals surface area contributed by atoms with Gasteiger partial charge in [-0.1, -0.05) is 30.7 Å². The maximum absolute atomic E-state index is 6.40. The van der Waals surface area contributed by atoms with Crippen LogP contribution in [-0.2, 0) is 6.42 Å². The Morgan fingerprint density at radius 2 is 2.06 bits per heavy atom. The summed E-state index contributed by atoms with van der Waals surface area (Å²) in [5.74, 6) is 0.650. The van der Waals surface area contributed by atoms with Gasteiger partial charge in [0.2, 0.25) is 0 Å². The topological polar surface area (TPSA) is 3.24 Å². The number of likely N-dealkylation sites (tertiary alicyclic amines) is 1. The van der Waals surface area contributed by atoms with Crippen LogP contribution in [0.3, 0.4) is 0 Å². The van der Waals surface area contributed by atoms with E-state index in [1.165, 1.54) is 49.9 Å². The molecule has 1 fully saturated rings. The number of rotatable bonds is 2. The third-order valence-electron chi connectivity index (χ3n) is 4.46. The van der Waals surface area contributed by atoms with Crippen LogP contribution in [0.1, 0.15) is 43.2 Å². The molecule has 1 aromatic rings. The van der Waals surface area contributed by atoms with E-state index in [0.29, 0.717) is 12.0 Å². The lowest BCUT2D eigenvalue weighted by Gasteiger charge is -2.29. The molecule has 1 aliphatic carbocycles. The Bertz CT molecular complexity index is 409. The zero-order valence-corrected chi connectivity index (χ0v) is 11.2. The minimum absolute atomic E-state index is 0.650. The first-order valence-corrected chi connectivity index (χ1v) is 7.20. The summed E-state index contributed by atoms with van der Waals surface area (Å²) in [6.45, 7) is 4.87. The Morgan fingerprint density at radius 3 is 2.76 bits per heavy atom. The monoisotopic (exact) mass is 249 g/mol. The molecule has 0 unspecified atom stereocenters. The molecule has 1 nitrogen and oxygen atoms in total. The molecule has 0 aromatic heterocycles. The second-order valence-electron chi connectivity index (χ2n) is 5.34. The van der Waals surface area contributed by atoms with Gasteiger partial charge >= 0.3 is 0 Å². The summed E-state index contributed by atoms with van der Waals surface area (Å²) in [5.41, 5.74) is 2.93. The van der Waals surface area contributed by atoms with Crippen molar-refractivity contribution in [1.29, 1.82) is 0 Å². The summed E-state index contributed by atoms with van der Waals surface area (Å²) in [7, 11) is 0. The van der Waals surface area contributed by atoms with Gasteiger partial charge in [-0.3, -0.25) is 4.90 Å². The predicted molar refractivity (Wildman–Crippen MR) is 72.8 cm³/mol. The molecule has 2 aliphatic rings. The van der Waals surface area contributed by atoms with Gasteiger partial charge in [-0.05, 0) is 56.0 Å². The molecule has 1 aromatic carbocycles. The molecule has 0 N–H and O–H groups in total. The van der Waals surface area contributed by atoms with E-state index in [4.69, 9.17) is 11.6 Å². The lowest BCUT2D eigenvalue weighted by atomic mass is 9.94. The van der Waals surface area contributed by atoms with Crippen LogP contribution in [-0.4, -0.2) is 24.0 Å². The first-order valence-electron chi connectivity index (χ1n) is 6.82. The Balaban J connectivity index is 1.93. The fourth-order valence-corrected chi connectivity index (χ4v) is 4.00. The Labute approximate surface area is 109 Å². The van der Waals surface area contributed by atoms with Crippen LogP contribution in [0.2, 0.25) is 5.02 Å². The Kier molecular flexibility index (Phi) is 3.14. The second-order valence-corrected chi connectivity index (χ2v) is 5.75. The highest BCUT2D eigenvalue weighted by Gasteiger charge is 2.37. The van der Waals surface area contributed by atoms with Gasteiger partial charge in [0.1, 0.15) is 0 Å². The molecule has 92 valence electrons. The van der Waals surface area contributed by atoms with E-state index in [1.54, 1.807) is 0 Å². The van der Waals surface area contributed by atoms with Crippen LogP contribution in [0.4, 0.5) is 0 Å². The molecule has 1 heterocycles. The predicted octanol–water partition coefficient (Wildman–Crippen LogP) is 3.85. The Morgan fingerprint density at radius 1 is 1.29 bits per heavy atom. The van der Waals surface area contributed by atoms with Crippen molar-refractivity contribution in [3.63, 3.8) is 0 Å². The molecule has 0 saturated carbocycles. The summed E-state index contributed by atoms with van der Waals surface area (Å²) in [4.78, 5) is 2.69. The molecular weight excluding hydrogens is 230 g/mol. The molecular formula is C15H20ClN. The van der Waals surface area contributed by atoms with Crippen molar-refractivity contribution in [1.82, 2.24) is 4.90 Å². The van der Waals surface area contributed by atoms with Crippen molar-refractivity contribution in [2.45, 2.75) is 44.6 Å². The lowest BCUT2D eigenvalue weighted by molar-refractivity contribution is 0.218. The van der Waals surface area contributed by atoms with E-state index in [9.17, 15) is 0 Å². The average Bonchev–Trinajstić information content (AvgIpc) is 2.95. The minimum Gasteiger partial charge on any atom is -0.299 e. The van der Waals surface area contributed by atoms with Crippen molar-refractivity contribution >= 4 is 11.6 Å². The van der Waals surface area contributed by atoms with Crippen molar-refractivity contribution in [2.75, 3.05) is 13.1 Å². The SMILES string of the molecule is CC[C@@H]1c2c(Cl)cccc2C[C@H]1N1CCCC1. The number of benzene rings is 1. The first-order chi connectivity index (χ1) is 8.31. The summed E-state index contributed by atoms with van der Waals surface area (Å²) >= 11 is 6.40. The molecule has 0 bridgehead atoms. The largest absolute Gasteiger partial charge is 0.299 e. The van der Waals surface area contributed by atoms with Gasteiger partial charge in [0, 0.05) is 17.0 Å². The number of nitrogens with zero attached hydrogens (tertiary/aromatic N) is 1. The zero-order chi connectivity index (χ0) is 11.8. The van der Waals surface area contributed by atoms with Gasteiger partial charge in [0.15, 0.2) is 0 Å². The molecule has 1 aliphatic heterocycles. The van der Waals surface area contributed by atoms with Crippen LogP contribution in [0, 0.1) is 0 Å². The fourth-order valence-electron chi connectivity index (χ4n) is 3.67. The summed E-state index contributed by atoms with van der Waals surface area (Å²) in [6.07, 6.45) is 5.15. The van der Waals surface area contributed by atoms with E-state index >= 15 is 0 Å². The van der Waals surface area contributed by atoms with Gasteiger partial charge in [-0.2, -0.15) is 0 Å². The smallest absolute Gasteiger partial charge is 0.0444 e. The van der Waals surface area contributed by atoms with E-state index in [-0.39, 0.29) is 0 Å². The normalized spacial score (nSPS) is 28.6. The highest BCUT2D eigenvalue weighted by atomic mass is 35.5. The minimum atomic E-state index is 0.650. The molecule has 1 saturated heterocycles. The summed E-state index contributed by atoms with van der Waals surface area (Å²) < 4.78 is 0. The van der Waals surface area contributed by atoms with E-state index in [0.717, 1.165) is 5.02 Å². The molecule has 2 atom stereocenters. The van der Waals surface area contributed by atoms with Crippen LogP contribution < -0.4 is 0 Å². The average molecular weight is 250 g/mol. The van der Waals surface area contributed by atoms with Crippen LogP contribution in [0.15, 0.2) is 18.2 Å². The zero-order valence-electron chi connectivity index (χ0n) is 10.5. The van der Waals surface area contributed by atoms with Crippen LogP contribution >= 0.6 is 11.6 Å². The quantitative estimate of drug-likeness (QED) is 0.770. The molecule has 3 rings (SSSR count). The number of halogens is 1. The molecule has 0 spiro atoms. The van der Waals surface area contributed by atoms with Gasteiger partial charge in [-0.25, -0.2) is 0 Å². The number of hydrogen-bond acceptors (Lipinski definition) is 1. The maximum Gasteiger partial charge on any atom is 0.0444 e. The highest BCUT2D eigenvalue weighted by Crippen LogP contribution is 2.42. The van der Waals surface area contributed by atoms with Gasteiger partial charge in [0.05, 0.1) is 0 Å². The Hall–Kier alpha value is -0.530. The summed E-state index contributed by atoms with van der Waals surface area (Å²) in [5, 5.41) is 0.982. The van der Waals surface area contributed by atoms with E-state index in [1.807, 2.05) is 0 Å². The van der Waals surface area contributed by atoms with Crippen molar-refractivity contribution in [3.05, 3.63) is 34.3 Å². The van der Waals surface area contributed by atoms with Gasteiger partial charge in [-0.15, -0.1) is 0 Å². The van der Waals surface area contributed by atoms with Gasteiger partial charge < -0.3 is 0 Å². The molecule has 0 amide bonds. The first kappa shape index (κ1) is 11.6. The van der Waals surface area contributed by atoms with Gasteiger partial charge in [0.25, 0.3) is 0 Å². The highest BCUT2D eigenvalue weighted by molar-refractivity contribution is 6.31. The van der Waals surface area contributed by atoms with E-state index < -0.39 is 0 Å². The van der Waals surface area contributed by atoms with Crippen molar-refractivity contribution in [3.8, 4) is 0 Å². The second kappa shape index (κ2) is 4.62. The van der Waals surface area contributed by atoms with Crippen molar-refractivity contribution in [2.24, 2.45) is 0 Å². The maximum atomic E-state index is 6.40. The fraction of sp³-hybridized carbons (Fsp3) is 0.600. The van der Waals surface area contributed by atoms with Crippen molar-refractivity contribution < 1.29 is 0 Å². The molecule has 0 radical (unpaired) electrons. The third-order valence-corrected chi connectivity index (χ3v) is 4.79. The third kappa shape index (κ3) is 1.90. The standard InChI is InChI=1S/C15H20ClN/c1-2-12-14(17-8-3-4-9-17)10-11-6-5-7-13(16)15(11)12/h5-7,12,14H,2-4,8-10H2,1H3/t12-,14+/m0/s1. The molecule has 17 heavy (non-hydrogen) atoms. The van der Waals surface area contributed by atoms with Crippen LogP contribution in [0.25, 0.3) is 0 Å². The van der Waals surface area contributed by atoms with E-state index in [2.05, 4.69) is 30.0 Å². The molecule has 2 heteroatoms. The lowest BCUT2D eigenvalue weighted by Crippen LogP contribution is -2.35. The summed E-state index contributed by atoms with van der Waals surface area (Å²) in [6, 6.07) is 7.12. The number of fused-ring (bicyclic) bond motifs is 1.